The van der Waals surface area contributed by atoms with Crippen molar-refractivity contribution in [3.8, 4) is 0 Å². The summed E-state index contributed by atoms with van der Waals surface area (Å²) in [5.41, 5.74) is 0. The zero-order valence-corrected chi connectivity index (χ0v) is 9.69. The molecule has 3 aliphatic carbocycles. The van der Waals surface area contributed by atoms with Crippen LogP contribution in [0, 0.1) is 23.7 Å². The van der Waals surface area contributed by atoms with Crippen LogP contribution < -0.4 is 10.6 Å². The van der Waals surface area contributed by atoms with Gasteiger partial charge in [0.2, 0.25) is 11.8 Å². The minimum Gasteiger partial charge on any atom is -0.359 e. The van der Waals surface area contributed by atoms with Gasteiger partial charge in [-0.25, -0.2) is 0 Å². The molecule has 2 amide bonds. The van der Waals surface area contributed by atoms with E-state index in [4.69, 9.17) is 0 Å². The Morgan fingerprint density at radius 2 is 1.31 bits per heavy atom. The highest BCUT2D eigenvalue weighted by molar-refractivity contribution is 5.88. The first-order valence-electron chi connectivity index (χ1n) is 5.80. The summed E-state index contributed by atoms with van der Waals surface area (Å²) < 4.78 is 0. The van der Waals surface area contributed by atoms with Gasteiger partial charge in [-0.15, -0.1) is 0 Å². The van der Waals surface area contributed by atoms with Crippen molar-refractivity contribution in [3.05, 3.63) is 12.2 Å². The third-order valence-corrected chi connectivity index (χ3v) is 3.85. The number of amides is 2. The lowest BCUT2D eigenvalue weighted by atomic mass is 9.61. The van der Waals surface area contributed by atoms with Gasteiger partial charge in [0.25, 0.3) is 0 Å². The van der Waals surface area contributed by atoms with Gasteiger partial charge in [-0.1, -0.05) is 12.2 Å². The molecule has 4 nitrogen and oxygen atoms in total. The molecule has 0 aliphatic heterocycles. The molecule has 2 bridgehead atoms. The Morgan fingerprint density at radius 3 is 1.56 bits per heavy atom. The van der Waals surface area contributed by atoms with Crippen molar-refractivity contribution in [3.63, 3.8) is 0 Å². The second kappa shape index (κ2) is 4.28. The Balaban J connectivity index is 2.29. The minimum absolute atomic E-state index is 0.00681. The maximum Gasteiger partial charge on any atom is 0.224 e. The Bertz CT molecular complexity index is 306. The van der Waals surface area contributed by atoms with Crippen LogP contribution in [-0.2, 0) is 9.59 Å². The summed E-state index contributed by atoms with van der Waals surface area (Å²) in [6, 6.07) is 0. The van der Waals surface area contributed by atoms with Crippen LogP contribution in [0.1, 0.15) is 12.8 Å². The summed E-state index contributed by atoms with van der Waals surface area (Å²) in [7, 11) is 3.27. The van der Waals surface area contributed by atoms with Gasteiger partial charge in [0.05, 0.1) is 11.8 Å². The lowest BCUT2D eigenvalue weighted by Gasteiger charge is -2.42. The lowest BCUT2D eigenvalue weighted by Crippen LogP contribution is -2.50. The number of rotatable bonds is 2. The fourth-order valence-electron chi connectivity index (χ4n) is 3.04. The molecule has 2 N–H and O–H groups in total. The fraction of sp³-hybridized carbons (Fsp3) is 0.667. The van der Waals surface area contributed by atoms with E-state index in [1.54, 1.807) is 14.1 Å². The van der Waals surface area contributed by atoms with E-state index >= 15 is 0 Å². The Morgan fingerprint density at radius 1 is 0.938 bits per heavy atom. The van der Waals surface area contributed by atoms with Gasteiger partial charge in [0, 0.05) is 14.1 Å². The average molecular weight is 222 g/mol. The second-order valence-electron chi connectivity index (χ2n) is 4.57. The van der Waals surface area contributed by atoms with Crippen LogP contribution in [0.25, 0.3) is 0 Å². The largest absolute Gasteiger partial charge is 0.359 e. The van der Waals surface area contributed by atoms with Gasteiger partial charge < -0.3 is 10.6 Å². The predicted molar refractivity (Wildman–Crippen MR) is 60.5 cm³/mol. The van der Waals surface area contributed by atoms with E-state index in [1.807, 2.05) is 0 Å². The van der Waals surface area contributed by atoms with Gasteiger partial charge in [-0.3, -0.25) is 9.59 Å². The van der Waals surface area contributed by atoms with E-state index in [0.29, 0.717) is 0 Å². The molecule has 3 rings (SSSR count). The van der Waals surface area contributed by atoms with E-state index in [-0.39, 0.29) is 35.5 Å². The van der Waals surface area contributed by atoms with Crippen LogP contribution in [-0.4, -0.2) is 25.9 Å². The van der Waals surface area contributed by atoms with E-state index in [0.717, 1.165) is 12.8 Å². The molecule has 4 heteroatoms. The first-order chi connectivity index (χ1) is 7.69. The molecule has 0 unspecified atom stereocenters. The van der Waals surface area contributed by atoms with Gasteiger partial charge >= 0.3 is 0 Å². The van der Waals surface area contributed by atoms with Crippen LogP contribution >= 0.6 is 0 Å². The average Bonchev–Trinajstić information content (AvgIpc) is 2.37. The number of hydrogen-bond acceptors (Lipinski definition) is 2. The number of hydrogen-bond donors (Lipinski definition) is 2. The molecule has 0 saturated heterocycles. The first-order valence-corrected chi connectivity index (χ1v) is 5.80. The summed E-state index contributed by atoms with van der Waals surface area (Å²) in [6.45, 7) is 0. The molecule has 1 saturated carbocycles. The molecular formula is C12H18N2O2. The molecule has 0 aromatic rings. The minimum atomic E-state index is -0.186. The summed E-state index contributed by atoms with van der Waals surface area (Å²) >= 11 is 0. The molecule has 1 fully saturated rings. The molecule has 0 radical (unpaired) electrons. The van der Waals surface area contributed by atoms with E-state index in [9.17, 15) is 9.59 Å². The Kier molecular flexibility index (Phi) is 2.99. The SMILES string of the molecule is CNC(=O)[C@@H]1[C@H](C(=O)NC)[C@H]2C=C[C@H]1CC2. The van der Waals surface area contributed by atoms with Crippen LogP contribution in [0.2, 0.25) is 0 Å². The van der Waals surface area contributed by atoms with E-state index in [2.05, 4.69) is 22.8 Å². The maximum absolute atomic E-state index is 11.9. The molecule has 16 heavy (non-hydrogen) atoms. The molecule has 4 atom stereocenters. The highest BCUT2D eigenvalue weighted by Crippen LogP contribution is 2.44. The van der Waals surface area contributed by atoms with Crippen molar-refractivity contribution < 1.29 is 9.59 Å². The first kappa shape index (κ1) is 11.2. The summed E-state index contributed by atoms with van der Waals surface area (Å²) in [5.74, 6) is 0.0715. The normalized spacial score (nSPS) is 35.9. The van der Waals surface area contributed by atoms with Crippen molar-refractivity contribution >= 4 is 11.8 Å². The van der Waals surface area contributed by atoms with Crippen molar-refractivity contribution in [2.45, 2.75) is 12.8 Å². The van der Waals surface area contributed by atoms with Crippen molar-refractivity contribution in [1.82, 2.24) is 10.6 Å². The molecule has 0 aromatic heterocycles. The highest BCUT2D eigenvalue weighted by atomic mass is 16.2. The summed E-state index contributed by atoms with van der Waals surface area (Å²) in [6.07, 6.45) is 6.25. The topological polar surface area (TPSA) is 58.2 Å². The van der Waals surface area contributed by atoms with Gasteiger partial charge in [0.1, 0.15) is 0 Å². The van der Waals surface area contributed by atoms with E-state index in [1.165, 1.54) is 0 Å². The maximum atomic E-state index is 11.9. The van der Waals surface area contributed by atoms with E-state index < -0.39 is 0 Å². The van der Waals surface area contributed by atoms with Crippen LogP contribution in [0.5, 0.6) is 0 Å². The number of carbonyl (C=O) groups is 2. The number of carbonyl (C=O) groups excluding carboxylic acids is 2. The summed E-state index contributed by atoms with van der Waals surface area (Å²) in [4.78, 5) is 23.7. The molecule has 0 heterocycles. The predicted octanol–water partition coefficient (Wildman–Crippen LogP) is 0.307. The molecule has 0 spiro atoms. The third-order valence-electron chi connectivity index (χ3n) is 3.85. The number of nitrogens with one attached hydrogen (secondary N) is 2. The van der Waals surface area contributed by atoms with Crippen LogP contribution in [0.15, 0.2) is 12.2 Å². The van der Waals surface area contributed by atoms with Crippen LogP contribution in [0.3, 0.4) is 0 Å². The van der Waals surface area contributed by atoms with Crippen molar-refractivity contribution in [1.29, 1.82) is 0 Å². The zero-order chi connectivity index (χ0) is 11.7. The number of fused-ring (bicyclic) bond motifs is 2. The fourth-order valence-corrected chi connectivity index (χ4v) is 3.04. The van der Waals surface area contributed by atoms with Crippen molar-refractivity contribution in [2.24, 2.45) is 23.7 Å². The number of allylic oxidation sites excluding steroid dienone is 2. The zero-order valence-electron chi connectivity index (χ0n) is 9.69. The van der Waals surface area contributed by atoms with Crippen molar-refractivity contribution in [2.75, 3.05) is 14.1 Å². The lowest BCUT2D eigenvalue weighted by molar-refractivity contribution is -0.140. The quantitative estimate of drug-likeness (QED) is 0.660. The summed E-state index contributed by atoms with van der Waals surface area (Å²) in [5, 5.41) is 5.35. The van der Waals surface area contributed by atoms with Crippen LogP contribution in [0.4, 0.5) is 0 Å². The standard InChI is InChI=1S/C12H18N2O2/c1-13-11(15)9-7-3-5-8(6-4-7)10(9)12(16)14-2/h3,5,7-10H,4,6H2,1-2H3,(H,13,15)(H,14,16)/t7-,8-,9-,10+/m0/s1. The molecule has 3 aliphatic rings. The third kappa shape index (κ3) is 1.62. The van der Waals surface area contributed by atoms with Gasteiger partial charge in [-0.2, -0.15) is 0 Å². The molecule has 0 aromatic carbocycles. The smallest absolute Gasteiger partial charge is 0.224 e. The van der Waals surface area contributed by atoms with Gasteiger partial charge in [-0.05, 0) is 24.7 Å². The molecular weight excluding hydrogens is 204 g/mol. The Labute approximate surface area is 95.5 Å². The second-order valence-corrected chi connectivity index (χ2v) is 4.57. The Hall–Kier alpha value is -1.32. The van der Waals surface area contributed by atoms with Gasteiger partial charge in [0.15, 0.2) is 0 Å². The highest BCUT2D eigenvalue weighted by Gasteiger charge is 2.47. The monoisotopic (exact) mass is 222 g/mol. The molecule has 88 valence electrons.